The molecule has 1 amide bonds. The van der Waals surface area contributed by atoms with Gasteiger partial charge in [0.25, 0.3) is 0 Å². The van der Waals surface area contributed by atoms with Gasteiger partial charge in [-0.05, 0) is 35.4 Å². The number of hydrogen-bond donors (Lipinski definition) is 1. The molecule has 0 radical (unpaired) electrons. The Hall–Kier alpha value is -2.40. The number of fused-ring (bicyclic) bond motifs is 1. The number of aromatic carboxylic acids is 1. The van der Waals surface area contributed by atoms with Crippen LogP contribution in [0.25, 0.3) is 0 Å². The number of hydrogen-bond acceptors (Lipinski definition) is 3. The molecule has 0 saturated carbocycles. The average Bonchev–Trinajstić information content (AvgIpc) is 2.76. The van der Waals surface area contributed by atoms with Crippen molar-refractivity contribution in [2.24, 2.45) is 0 Å². The van der Waals surface area contributed by atoms with Crippen LogP contribution in [0.4, 0.5) is 5.69 Å². The zero-order chi connectivity index (χ0) is 15.0. The van der Waals surface area contributed by atoms with Gasteiger partial charge in [0.15, 0.2) is 0 Å². The van der Waals surface area contributed by atoms with Gasteiger partial charge in [-0.15, -0.1) is 0 Å². The third-order valence-electron chi connectivity index (χ3n) is 3.44. The fraction of sp³-hybridized carbons (Fsp3) is 0.133. The summed E-state index contributed by atoms with van der Waals surface area (Å²) in [6.45, 7) is 0.347. The summed E-state index contributed by atoms with van der Waals surface area (Å²) in [5.41, 5.74) is 2.45. The smallest absolute Gasteiger partial charge is 0.335 e. The van der Waals surface area contributed by atoms with Gasteiger partial charge >= 0.3 is 5.97 Å². The Kier molecular flexibility index (Phi) is 3.35. The summed E-state index contributed by atoms with van der Waals surface area (Å²) in [4.78, 5) is 28.7. The zero-order valence-electron chi connectivity index (χ0n) is 10.9. The highest BCUT2D eigenvalue weighted by molar-refractivity contribution is 6.31. The van der Waals surface area contributed by atoms with Crippen LogP contribution in [0, 0.1) is 0 Å². The molecule has 21 heavy (non-hydrogen) atoms. The van der Waals surface area contributed by atoms with E-state index in [0.29, 0.717) is 11.6 Å². The fourth-order valence-electron chi connectivity index (χ4n) is 2.39. The van der Waals surface area contributed by atoms with E-state index in [0.717, 1.165) is 16.8 Å². The number of carboxylic acids is 1. The number of anilines is 1. The van der Waals surface area contributed by atoms with Gasteiger partial charge in [-0.25, -0.2) is 4.79 Å². The molecule has 2 aromatic rings. The summed E-state index contributed by atoms with van der Waals surface area (Å²) in [5, 5.41) is 9.50. The van der Waals surface area contributed by atoms with Crippen molar-refractivity contribution in [3.05, 3.63) is 58.4 Å². The first-order chi connectivity index (χ1) is 10.1. The summed E-state index contributed by atoms with van der Waals surface area (Å²) in [6.07, 6.45) is 3.36. The molecule has 0 unspecified atom stereocenters. The van der Waals surface area contributed by atoms with Gasteiger partial charge < -0.3 is 10.0 Å². The number of carboxylic acid groups (broad SMARTS) is 1. The van der Waals surface area contributed by atoms with Crippen molar-refractivity contribution < 1.29 is 14.7 Å². The van der Waals surface area contributed by atoms with E-state index in [1.54, 1.807) is 29.3 Å². The van der Waals surface area contributed by atoms with E-state index in [9.17, 15) is 9.59 Å². The number of pyridine rings is 1. The normalized spacial score (nSPS) is 13.4. The van der Waals surface area contributed by atoms with Gasteiger partial charge in [0.05, 0.1) is 23.6 Å². The topological polar surface area (TPSA) is 70.5 Å². The maximum absolute atomic E-state index is 12.1. The second-order valence-corrected chi connectivity index (χ2v) is 5.18. The zero-order valence-corrected chi connectivity index (χ0v) is 11.7. The van der Waals surface area contributed by atoms with Crippen molar-refractivity contribution in [1.29, 1.82) is 0 Å². The van der Waals surface area contributed by atoms with Crippen LogP contribution in [0.15, 0.2) is 36.7 Å². The van der Waals surface area contributed by atoms with Crippen LogP contribution in [-0.4, -0.2) is 22.0 Å². The summed E-state index contributed by atoms with van der Waals surface area (Å²) in [6, 6.07) is 6.47. The molecule has 0 atom stereocenters. The Morgan fingerprint density at radius 1 is 1.38 bits per heavy atom. The van der Waals surface area contributed by atoms with Crippen LogP contribution in [0.1, 0.15) is 21.5 Å². The molecule has 106 valence electrons. The van der Waals surface area contributed by atoms with Gasteiger partial charge in [0.1, 0.15) is 0 Å². The number of nitrogens with zero attached hydrogens (tertiary/aromatic N) is 2. The first-order valence-corrected chi connectivity index (χ1v) is 6.69. The predicted octanol–water partition coefficient (Wildman–Crippen LogP) is 2.52. The maximum atomic E-state index is 12.1. The quantitative estimate of drug-likeness (QED) is 0.946. The van der Waals surface area contributed by atoms with Gasteiger partial charge in [0.2, 0.25) is 5.91 Å². The number of aromatic nitrogens is 1. The van der Waals surface area contributed by atoms with E-state index in [-0.39, 0.29) is 17.9 Å². The van der Waals surface area contributed by atoms with Crippen LogP contribution >= 0.6 is 11.6 Å². The number of halogens is 1. The molecular formula is C15H11ClN2O3. The summed E-state index contributed by atoms with van der Waals surface area (Å²) < 4.78 is 0. The molecular weight excluding hydrogens is 292 g/mol. The van der Waals surface area contributed by atoms with Crippen LogP contribution in [0.2, 0.25) is 5.02 Å². The largest absolute Gasteiger partial charge is 0.478 e. The highest BCUT2D eigenvalue weighted by Crippen LogP contribution is 2.32. The van der Waals surface area contributed by atoms with Crippen LogP contribution < -0.4 is 4.90 Å². The molecule has 0 spiro atoms. The minimum Gasteiger partial charge on any atom is -0.478 e. The molecule has 0 fully saturated rings. The summed E-state index contributed by atoms with van der Waals surface area (Å²) >= 11 is 6.07. The Morgan fingerprint density at radius 2 is 2.19 bits per heavy atom. The summed E-state index contributed by atoms with van der Waals surface area (Å²) in [7, 11) is 0. The lowest BCUT2D eigenvalue weighted by Gasteiger charge is -2.18. The third-order valence-corrected chi connectivity index (χ3v) is 3.79. The lowest BCUT2D eigenvalue weighted by Crippen LogP contribution is -2.26. The maximum Gasteiger partial charge on any atom is 0.335 e. The first kappa shape index (κ1) is 13.6. The molecule has 1 aliphatic heterocycles. The van der Waals surface area contributed by atoms with E-state index in [1.807, 2.05) is 0 Å². The highest BCUT2D eigenvalue weighted by Gasteiger charge is 2.28. The third kappa shape index (κ3) is 2.48. The molecule has 1 aromatic carbocycles. The lowest BCUT2D eigenvalue weighted by molar-refractivity contribution is -0.117. The minimum absolute atomic E-state index is 0.0691. The molecule has 0 saturated heterocycles. The molecule has 5 nitrogen and oxygen atoms in total. The fourth-order valence-corrected chi connectivity index (χ4v) is 2.57. The molecule has 1 aliphatic rings. The van der Waals surface area contributed by atoms with Crippen LogP contribution in [-0.2, 0) is 17.8 Å². The van der Waals surface area contributed by atoms with E-state index >= 15 is 0 Å². The van der Waals surface area contributed by atoms with Crippen molar-refractivity contribution in [2.75, 3.05) is 4.90 Å². The number of benzene rings is 1. The second-order valence-electron chi connectivity index (χ2n) is 4.77. The van der Waals surface area contributed by atoms with E-state index in [1.165, 1.54) is 12.3 Å². The number of rotatable bonds is 3. The molecule has 0 aliphatic carbocycles. The second kappa shape index (κ2) is 5.18. The van der Waals surface area contributed by atoms with Gasteiger partial charge in [-0.1, -0.05) is 11.6 Å². The van der Waals surface area contributed by atoms with Crippen molar-refractivity contribution in [3.63, 3.8) is 0 Å². The monoisotopic (exact) mass is 302 g/mol. The molecule has 6 heteroatoms. The van der Waals surface area contributed by atoms with Gasteiger partial charge in [0, 0.05) is 18.1 Å². The van der Waals surface area contributed by atoms with Crippen molar-refractivity contribution in [3.8, 4) is 0 Å². The number of carbonyl (C=O) groups excluding carboxylic acids is 1. The van der Waals surface area contributed by atoms with E-state index in [4.69, 9.17) is 16.7 Å². The van der Waals surface area contributed by atoms with Crippen molar-refractivity contribution >= 4 is 29.2 Å². The molecule has 1 aromatic heterocycles. The number of amides is 1. The minimum atomic E-state index is -0.999. The van der Waals surface area contributed by atoms with Crippen molar-refractivity contribution in [1.82, 2.24) is 4.98 Å². The van der Waals surface area contributed by atoms with E-state index < -0.39 is 5.97 Å². The molecule has 2 heterocycles. The Balaban J connectivity index is 1.94. The Labute approximate surface area is 125 Å². The van der Waals surface area contributed by atoms with Crippen LogP contribution in [0.3, 0.4) is 0 Å². The SMILES string of the molecule is O=C(O)c1ccc2c(c1)CC(=O)N2Cc1ccncc1Cl. The molecule has 1 N–H and O–H groups in total. The number of carbonyl (C=O) groups is 2. The molecule has 3 rings (SSSR count). The van der Waals surface area contributed by atoms with Crippen molar-refractivity contribution in [2.45, 2.75) is 13.0 Å². The Morgan fingerprint density at radius 3 is 2.90 bits per heavy atom. The van der Waals surface area contributed by atoms with Crippen LogP contribution in [0.5, 0.6) is 0 Å². The highest BCUT2D eigenvalue weighted by atomic mass is 35.5. The Bertz CT molecular complexity index is 745. The van der Waals surface area contributed by atoms with E-state index in [2.05, 4.69) is 4.98 Å². The van der Waals surface area contributed by atoms with Gasteiger partial charge in [-0.2, -0.15) is 0 Å². The first-order valence-electron chi connectivity index (χ1n) is 6.31. The molecule has 0 bridgehead atoms. The standard InChI is InChI=1S/C15H11ClN2O3/c16-12-7-17-4-3-10(12)8-18-13-2-1-9(15(20)21)5-11(13)6-14(18)19/h1-5,7H,6,8H2,(H,20,21). The van der Waals surface area contributed by atoms with Gasteiger partial charge in [-0.3, -0.25) is 9.78 Å². The predicted molar refractivity (Wildman–Crippen MR) is 77.5 cm³/mol. The average molecular weight is 303 g/mol. The summed E-state index contributed by atoms with van der Waals surface area (Å²) in [5.74, 6) is -1.07. The lowest BCUT2D eigenvalue weighted by atomic mass is 10.1.